The quantitative estimate of drug-likeness (QED) is 0.501. The van der Waals surface area contributed by atoms with E-state index in [1.807, 2.05) is 0 Å². The van der Waals surface area contributed by atoms with Gasteiger partial charge in [0, 0.05) is 6.54 Å². The SMILES string of the molecule is Cc1cc(C(/C=C/c2ccc(CN)c(C(F)(F)F)c2)C(F)(F)F)cc(Cl)c1Cl. The van der Waals surface area contributed by atoms with Crippen LogP contribution in [0.4, 0.5) is 26.3 Å². The molecule has 0 fully saturated rings. The van der Waals surface area contributed by atoms with Crippen molar-refractivity contribution in [1.29, 1.82) is 0 Å². The smallest absolute Gasteiger partial charge is 0.326 e. The first-order valence-electron chi connectivity index (χ1n) is 7.95. The number of alkyl halides is 6. The summed E-state index contributed by atoms with van der Waals surface area (Å²) in [6, 6.07) is 5.54. The lowest BCUT2D eigenvalue weighted by Gasteiger charge is -2.19. The van der Waals surface area contributed by atoms with Gasteiger partial charge in [-0.2, -0.15) is 26.3 Å². The van der Waals surface area contributed by atoms with Gasteiger partial charge in [0.05, 0.1) is 21.5 Å². The van der Waals surface area contributed by atoms with Crippen LogP contribution >= 0.6 is 23.2 Å². The molecule has 1 atom stereocenters. The molecular formula is C19H15Cl2F6N. The second-order valence-electron chi connectivity index (χ2n) is 6.13. The number of hydrogen-bond donors (Lipinski definition) is 1. The van der Waals surface area contributed by atoms with Gasteiger partial charge in [0.15, 0.2) is 0 Å². The van der Waals surface area contributed by atoms with Crippen LogP contribution in [-0.2, 0) is 12.7 Å². The summed E-state index contributed by atoms with van der Waals surface area (Å²) < 4.78 is 79.9. The minimum Gasteiger partial charge on any atom is -0.326 e. The highest BCUT2D eigenvalue weighted by Gasteiger charge is 2.39. The van der Waals surface area contributed by atoms with Crippen LogP contribution in [0.25, 0.3) is 6.08 Å². The summed E-state index contributed by atoms with van der Waals surface area (Å²) in [6.07, 6.45) is -7.56. The Labute approximate surface area is 167 Å². The number of aryl methyl sites for hydroxylation is 1. The van der Waals surface area contributed by atoms with Gasteiger partial charge in [-0.15, -0.1) is 0 Å². The minimum atomic E-state index is -4.68. The maximum absolute atomic E-state index is 13.5. The number of hydrogen-bond acceptors (Lipinski definition) is 1. The van der Waals surface area contributed by atoms with Gasteiger partial charge in [-0.3, -0.25) is 0 Å². The molecule has 0 aliphatic carbocycles. The third-order valence-electron chi connectivity index (χ3n) is 4.08. The van der Waals surface area contributed by atoms with Crippen LogP contribution in [-0.4, -0.2) is 6.18 Å². The van der Waals surface area contributed by atoms with E-state index in [-0.39, 0.29) is 33.3 Å². The van der Waals surface area contributed by atoms with Crippen molar-refractivity contribution in [2.75, 3.05) is 0 Å². The highest BCUT2D eigenvalue weighted by Crippen LogP contribution is 2.40. The van der Waals surface area contributed by atoms with Crippen molar-refractivity contribution in [1.82, 2.24) is 0 Å². The van der Waals surface area contributed by atoms with Gasteiger partial charge in [0.1, 0.15) is 0 Å². The number of nitrogens with two attached hydrogens (primary N) is 1. The van der Waals surface area contributed by atoms with Crippen molar-refractivity contribution in [3.05, 3.63) is 74.3 Å². The van der Waals surface area contributed by atoms with Gasteiger partial charge in [-0.1, -0.05) is 53.6 Å². The molecule has 2 N–H and O–H groups in total. The zero-order valence-corrected chi connectivity index (χ0v) is 15.9. The van der Waals surface area contributed by atoms with Crippen LogP contribution in [0.3, 0.4) is 0 Å². The van der Waals surface area contributed by atoms with Gasteiger partial charge >= 0.3 is 12.4 Å². The molecular weight excluding hydrogens is 427 g/mol. The van der Waals surface area contributed by atoms with E-state index in [1.54, 1.807) is 0 Å². The molecule has 0 bridgehead atoms. The second-order valence-corrected chi connectivity index (χ2v) is 6.92. The van der Waals surface area contributed by atoms with Crippen LogP contribution < -0.4 is 5.73 Å². The first kappa shape index (κ1) is 22.6. The lowest BCUT2D eigenvalue weighted by atomic mass is 9.95. The Morgan fingerprint density at radius 3 is 2.18 bits per heavy atom. The molecule has 1 unspecified atom stereocenters. The average Bonchev–Trinajstić information content (AvgIpc) is 2.57. The van der Waals surface area contributed by atoms with E-state index in [0.29, 0.717) is 5.56 Å². The number of benzene rings is 2. The molecule has 0 saturated carbocycles. The fraction of sp³-hybridized carbons (Fsp3) is 0.263. The van der Waals surface area contributed by atoms with Gasteiger partial charge in [0.25, 0.3) is 0 Å². The Morgan fingerprint density at radius 2 is 1.68 bits per heavy atom. The van der Waals surface area contributed by atoms with Crippen LogP contribution in [0.5, 0.6) is 0 Å². The van der Waals surface area contributed by atoms with E-state index in [4.69, 9.17) is 28.9 Å². The number of rotatable bonds is 4. The maximum Gasteiger partial charge on any atom is 0.416 e. The molecule has 9 heteroatoms. The maximum atomic E-state index is 13.5. The van der Waals surface area contributed by atoms with Crippen LogP contribution in [0.15, 0.2) is 36.4 Å². The molecule has 152 valence electrons. The van der Waals surface area contributed by atoms with Gasteiger partial charge < -0.3 is 5.73 Å². The van der Waals surface area contributed by atoms with Crippen LogP contribution in [0, 0.1) is 6.92 Å². The Balaban J connectivity index is 2.48. The largest absolute Gasteiger partial charge is 0.416 e. The van der Waals surface area contributed by atoms with E-state index < -0.39 is 23.8 Å². The molecule has 1 nitrogen and oxygen atoms in total. The summed E-state index contributed by atoms with van der Waals surface area (Å²) in [4.78, 5) is 0. The van der Waals surface area contributed by atoms with Gasteiger partial charge in [-0.05, 0) is 41.3 Å². The van der Waals surface area contributed by atoms with Gasteiger partial charge in [0.2, 0.25) is 0 Å². The molecule has 2 aromatic rings. The summed E-state index contributed by atoms with van der Waals surface area (Å²) in [5.41, 5.74) is 4.35. The fourth-order valence-electron chi connectivity index (χ4n) is 2.69. The zero-order chi connectivity index (χ0) is 21.3. The van der Waals surface area contributed by atoms with Crippen molar-refractivity contribution in [2.24, 2.45) is 5.73 Å². The molecule has 28 heavy (non-hydrogen) atoms. The first-order chi connectivity index (χ1) is 12.8. The molecule has 0 radical (unpaired) electrons. The molecule has 0 aliphatic rings. The molecule has 2 rings (SSSR count). The normalized spacial score (nSPS) is 13.9. The molecule has 0 aliphatic heterocycles. The Kier molecular flexibility index (Phi) is 6.74. The fourth-order valence-corrected chi connectivity index (χ4v) is 3.07. The first-order valence-corrected chi connectivity index (χ1v) is 8.71. The van der Waals surface area contributed by atoms with Crippen molar-refractivity contribution in [2.45, 2.75) is 31.7 Å². The highest BCUT2D eigenvalue weighted by atomic mass is 35.5. The molecule has 0 saturated heterocycles. The predicted molar refractivity (Wildman–Crippen MR) is 98.4 cm³/mol. The summed E-state index contributed by atoms with van der Waals surface area (Å²) in [6.45, 7) is 1.17. The molecule has 0 heterocycles. The van der Waals surface area contributed by atoms with E-state index in [9.17, 15) is 26.3 Å². The average molecular weight is 442 g/mol. The molecule has 0 amide bonds. The van der Waals surface area contributed by atoms with E-state index in [2.05, 4.69) is 0 Å². The summed E-state index contributed by atoms with van der Waals surface area (Å²) in [5.74, 6) is -2.07. The molecule has 0 aromatic heterocycles. The van der Waals surface area contributed by atoms with Crippen molar-refractivity contribution >= 4 is 29.3 Å². The summed E-state index contributed by atoms with van der Waals surface area (Å²) >= 11 is 11.8. The molecule has 2 aromatic carbocycles. The minimum absolute atomic E-state index is 0.0319. The van der Waals surface area contributed by atoms with Crippen molar-refractivity contribution in [3.8, 4) is 0 Å². The standard InChI is InChI=1S/C19H15Cl2F6N/c1-10-6-13(8-16(20)17(10)21)14(18(22,23)24)5-3-11-2-4-12(9-28)15(7-11)19(25,26)27/h2-8,14H,9,28H2,1H3/b5-3+. The lowest BCUT2D eigenvalue weighted by Crippen LogP contribution is -2.19. The topological polar surface area (TPSA) is 26.0 Å². The molecule has 0 spiro atoms. The number of allylic oxidation sites excluding steroid dienone is 1. The van der Waals surface area contributed by atoms with Gasteiger partial charge in [-0.25, -0.2) is 0 Å². The monoisotopic (exact) mass is 441 g/mol. The third-order valence-corrected chi connectivity index (χ3v) is 4.98. The van der Waals surface area contributed by atoms with Crippen molar-refractivity contribution < 1.29 is 26.3 Å². The Bertz CT molecular complexity index is 864. The predicted octanol–water partition coefficient (Wildman–Crippen LogP) is 7.14. The van der Waals surface area contributed by atoms with Crippen molar-refractivity contribution in [3.63, 3.8) is 0 Å². The van der Waals surface area contributed by atoms with E-state index in [1.165, 1.54) is 19.1 Å². The summed E-state index contributed by atoms with van der Waals surface area (Å²) in [5, 5.41) is 0.105. The zero-order valence-electron chi connectivity index (χ0n) is 14.4. The Morgan fingerprint density at radius 1 is 1.04 bits per heavy atom. The Hall–Kier alpha value is -1.70. The third kappa shape index (κ3) is 5.21. The lowest BCUT2D eigenvalue weighted by molar-refractivity contribution is -0.140. The van der Waals surface area contributed by atoms with Crippen LogP contribution in [0.1, 0.15) is 33.7 Å². The second kappa shape index (κ2) is 8.35. The van der Waals surface area contributed by atoms with Crippen LogP contribution in [0.2, 0.25) is 10.0 Å². The number of halogens is 8. The van der Waals surface area contributed by atoms with E-state index >= 15 is 0 Å². The summed E-state index contributed by atoms with van der Waals surface area (Å²) in [7, 11) is 0. The van der Waals surface area contributed by atoms with E-state index in [0.717, 1.165) is 30.4 Å². The highest BCUT2D eigenvalue weighted by molar-refractivity contribution is 6.42.